The third-order valence-electron chi connectivity index (χ3n) is 5.05. The third kappa shape index (κ3) is 4.94. The molecule has 1 aromatic heterocycles. The third-order valence-corrected chi connectivity index (χ3v) is 5.05. The molecule has 0 bridgehead atoms. The van der Waals surface area contributed by atoms with Gasteiger partial charge in [0.1, 0.15) is 0 Å². The van der Waals surface area contributed by atoms with E-state index >= 15 is 0 Å². The lowest BCUT2D eigenvalue weighted by Crippen LogP contribution is -2.34. The zero-order valence-corrected chi connectivity index (χ0v) is 15.4. The van der Waals surface area contributed by atoms with Gasteiger partial charge >= 0.3 is 0 Å². The first-order valence-electron chi connectivity index (χ1n) is 9.54. The van der Waals surface area contributed by atoms with Crippen LogP contribution in [0.5, 0.6) is 0 Å². The number of nitrogens with one attached hydrogen (secondary N) is 1. The van der Waals surface area contributed by atoms with Crippen LogP contribution in [0.4, 0.5) is 0 Å². The van der Waals surface area contributed by atoms with Crippen molar-refractivity contribution >= 4 is 5.91 Å². The van der Waals surface area contributed by atoms with Crippen LogP contribution in [0, 0.1) is 13.8 Å². The summed E-state index contributed by atoms with van der Waals surface area (Å²) in [6.45, 7) is 4.07. The zero-order chi connectivity index (χ0) is 17.6. The Bertz CT molecular complexity index is 694. The number of nitrogens with zero attached hydrogens (tertiary/aromatic N) is 2. The summed E-state index contributed by atoms with van der Waals surface area (Å²) in [5.74, 6) is 0.189. The molecular weight excluding hydrogens is 310 g/mol. The van der Waals surface area contributed by atoms with Crippen molar-refractivity contribution in [3.8, 4) is 5.69 Å². The highest BCUT2D eigenvalue weighted by atomic mass is 16.1. The van der Waals surface area contributed by atoms with E-state index < -0.39 is 0 Å². The summed E-state index contributed by atoms with van der Waals surface area (Å²) in [7, 11) is 0. The SMILES string of the molecule is Cc1cc(C)n(-c2ccc(CCC(=O)NC3CCCCCC3)cc2)n1. The Morgan fingerprint density at radius 2 is 1.80 bits per heavy atom. The van der Waals surface area contributed by atoms with E-state index in [0.717, 1.165) is 36.3 Å². The predicted octanol–water partition coefficient (Wildman–Crippen LogP) is 4.26. The van der Waals surface area contributed by atoms with Crippen molar-refractivity contribution in [3.05, 3.63) is 47.3 Å². The van der Waals surface area contributed by atoms with Gasteiger partial charge in [-0.15, -0.1) is 0 Å². The number of aromatic nitrogens is 2. The van der Waals surface area contributed by atoms with Crippen LogP contribution in [0.25, 0.3) is 5.69 Å². The van der Waals surface area contributed by atoms with Gasteiger partial charge in [0.05, 0.1) is 11.4 Å². The van der Waals surface area contributed by atoms with Gasteiger partial charge < -0.3 is 5.32 Å². The maximum atomic E-state index is 12.2. The summed E-state index contributed by atoms with van der Waals surface area (Å²) in [6.07, 6.45) is 8.76. The van der Waals surface area contributed by atoms with Gasteiger partial charge in [0.2, 0.25) is 5.91 Å². The minimum Gasteiger partial charge on any atom is -0.353 e. The highest BCUT2D eigenvalue weighted by molar-refractivity contribution is 5.76. The Labute approximate surface area is 150 Å². The number of hydrogen-bond acceptors (Lipinski definition) is 2. The topological polar surface area (TPSA) is 46.9 Å². The van der Waals surface area contributed by atoms with E-state index in [0.29, 0.717) is 12.5 Å². The van der Waals surface area contributed by atoms with Gasteiger partial charge in [0.15, 0.2) is 0 Å². The van der Waals surface area contributed by atoms with Crippen molar-refractivity contribution < 1.29 is 4.79 Å². The highest BCUT2D eigenvalue weighted by Crippen LogP contribution is 2.18. The number of rotatable bonds is 5. The predicted molar refractivity (Wildman–Crippen MR) is 101 cm³/mol. The maximum absolute atomic E-state index is 12.2. The summed E-state index contributed by atoms with van der Waals surface area (Å²) in [4.78, 5) is 12.2. The molecule has 0 spiro atoms. The summed E-state index contributed by atoms with van der Waals surface area (Å²) in [5, 5.41) is 7.73. The van der Waals surface area contributed by atoms with Gasteiger partial charge in [0, 0.05) is 18.2 Å². The molecule has 1 aliphatic rings. The van der Waals surface area contributed by atoms with E-state index in [9.17, 15) is 4.79 Å². The molecule has 1 aliphatic carbocycles. The Morgan fingerprint density at radius 3 is 2.40 bits per heavy atom. The lowest BCUT2D eigenvalue weighted by atomic mass is 10.1. The molecule has 0 unspecified atom stereocenters. The van der Waals surface area contributed by atoms with E-state index in [4.69, 9.17) is 0 Å². The molecule has 1 N–H and O–H groups in total. The second kappa shape index (κ2) is 8.32. The van der Waals surface area contributed by atoms with Gasteiger partial charge in [0.25, 0.3) is 0 Å². The lowest BCUT2D eigenvalue weighted by molar-refractivity contribution is -0.121. The molecule has 25 heavy (non-hydrogen) atoms. The van der Waals surface area contributed by atoms with Crippen LogP contribution in [0.3, 0.4) is 0 Å². The van der Waals surface area contributed by atoms with Gasteiger partial charge in [-0.3, -0.25) is 4.79 Å². The van der Waals surface area contributed by atoms with Crippen LogP contribution < -0.4 is 5.32 Å². The number of hydrogen-bond donors (Lipinski definition) is 1. The number of amides is 1. The molecule has 1 amide bonds. The Morgan fingerprint density at radius 1 is 1.12 bits per heavy atom. The van der Waals surface area contributed by atoms with E-state index in [1.54, 1.807) is 0 Å². The average Bonchev–Trinajstić information content (AvgIpc) is 2.79. The molecule has 0 radical (unpaired) electrons. The van der Waals surface area contributed by atoms with Gasteiger partial charge in [-0.2, -0.15) is 5.10 Å². The summed E-state index contributed by atoms with van der Waals surface area (Å²) in [5.41, 5.74) is 4.42. The van der Waals surface area contributed by atoms with Crippen molar-refractivity contribution in [2.75, 3.05) is 0 Å². The Kier molecular flexibility index (Phi) is 5.90. The van der Waals surface area contributed by atoms with Crippen molar-refractivity contribution in [2.24, 2.45) is 0 Å². The quantitative estimate of drug-likeness (QED) is 0.827. The molecule has 4 heteroatoms. The molecule has 0 aliphatic heterocycles. The lowest BCUT2D eigenvalue weighted by Gasteiger charge is -2.16. The monoisotopic (exact) mass is 339 g/mol. The molecule has 0 saturated heterocycles. The second-order valence-electron chi connectivity index (χ2n) is 7.26. The molecule has 4 nitrogen and oxygen atoms in total. The standard InChI is InChI=1S/C21H29N3O/c1-16-15-17(2)24(23-16)20-12-9-18(10-13-20)11-14-21(25)22-19-7-5-3-4-6-8-19/h9-10,12-13,15,19H,3-8,11,14H2,1-2H3,(H,22,25). The zero-order valence-electron chi connectivity index (χ0n) is 15.4. The van der Waals surface area contributed by atoms with Crippen LogP contribution in [-0.2, 0) is 11.2 Å². The van der Waals surface area contributed by atoms with E-state index in [1.165, 1.54) is 31.2 Å². The fourth-order valence-corrected chi connectivity index (χ4v) is 3.68. The summed E-state index contributed by atoms with van der Waals surface area (Å²) >= 11 is 0. The fraction of sp³-hybridized carbons (Fsp3) is 0.524. The first-order chi connectivity index (χ1) is 12.1. The van der Waals surface area contributed by atoms with Gasteiger partial charge in [-0.05, 0) is 56.9 Å². The highest BCUT2D eigenvalue weighted by Gasteiger charge is 2.14. The van der Waals surface area contributed by atoms with Crippen molar-refractivity contribution in [1.82, 2.24) is 15.1 Å². The molecule has 2 aromatic rings. The van der Waals surface area contributed by atoms with E-state index in [1.807, 2.05) is 11.6 Å². The number of benzene rings is 1. The van der Waals surface area contributed by atoms with Crippen molar-refractivity contribution in [2.45, 2.75) is 71.3 Å². The number of carbonyl (C=O) groups is 1. The smallest absolute Gasteiger partial charge is 0.220 e. The van der Waals surface area contributed by atoms with Crippen LogP contribution >= 0.6 is 0 Å². The molecule has 1 heterocycles. The van der Waals surface area contributed by atoms with Crippen molar-refractivity contribution in [3.63, 3.8) is 0 Å². The summed E-state index contributed by atoms with van der Waals surface area (Å²) in [6, 6.07) is 10.8. The van der Waals surface area contributed by atoms with Gasteiger partial charge in [-0.1, -0.05) is 37.8 Å². The number of carbonyl (C=O) groups excluding carboxylic acids is 1. The molecule has 1 fully saturated rings. The minimum atomic E-state index is 0.189. The van der Waals surface area contributed by atoms with Crippen LogP contribution in [-0.4, -0.2) is 21.7 Å². The maximum Gasteiger partial charge on any atom is 0.220 e. The molecule has 3 rings (SSSR count). The molecule has 1 saturated carbocycles. The van der Waals surface area contributed by atoms with Gasteiger partial charge in [-0.25, -0.2) is 4.68 Å². The largest absolute Gasteiger partial charge is 0.353 e. The number of aryl methyl sites for hydroxylation is 3. The minimum absolute atomic E-state index is 0.189. The van der Waals surface area contributed by atoms with E-state index in [2.05, 4.69) is 47.7 Å². The normalized spacial score (nSPS) is 15.8. The Hall–Kier alpha value is -2.10. The molecule has 0 atom stereocenters. The van der Waals surface area contributed by atoms with E-state index in [-0.39, 0.29) is 5.91 Å². The molecular formula is C21H29N3O. The molecule has 1 aromatic carbocycles. The second-order valence-corrected chi connectivity index (χ2v) is 7.26. The fourth-order valence-electron chi connectivity index (χ4n) is 3.68. The first kappa shape index (κ1) is 17.7. The summed E-state index contributed by atoms with van der Waals surface area (Å²) < 4.78 is 1.96. The first-order valence-corrected chi connectivity index (χ1v) is 9.54. The average molecular weight is 339 g/mol. The van der Waals surface area contributed by atoms with Crippen molar-refractivity contribution in [1.29, 1.82) is 0 Å². The van der Waals surface area contributed by atoms with Crippen LogP contribution in [0.15, 0.2) is 30.3 Å². The van der Waals surface area contributed by atoms with Crippen LogP contribution in [0.2, 0.25) is 0 Å². The van der Waals surface area contributed by atoms with Crippen LogP contribution in [0.1, 0.15) is 61.9 Å². The Balaban J connectivity index is 1.51. The molecule has 134 valence electrons.